The summed E-state index contributed by atoms with van der Waals surface area (Å²) in [6.45, 7) is 0. The Bertz CT molecular complexity index is 604. The van der Waals surface area contributed by atoms with Crippen molar-refractivity contribution in [1.82, 2.24) is 19.1 Å². The van der Waals surface area contributed by atoms with Gasteiger partial charge in [-0.1, -0.05) is 0 Å². The molecule has 7 nitrogen and oxygen atoms in total. The number of aromatic nitrogens is 4. The predicted octanol–water partition coefficient (Wildman–Crippen LogP) is 1.02. The van der Waals surface area contributed by atoms with Gasteiger partial charge in [0, 0.05) is 11.5 Å². The van der Waals surface area contributed by atoms with Gasteiger partial charge in [0.1, 0.15) is 0 Å². The van der Waals surface area contributed by atoms with E-state index in [4.69, 9.17) is 10.8 Å². The highest BCUT2D eigenvalue weighted by atomic mass is 32.1. The molecule has 0 aromatic carbocycles. The zero-order valence-electron chi connectivity index (χ0n) is 8.34. The van der Waals surface area contributed by atoms with Crippen molar-refractivity contribution in [3.63, 3.8) is 0 Å². The van der Waals surface area contributed by atoms with E-state index in [9.17, 15) is 18.0 Å². The number of nitrogens with two attached hydrogens (primary N) is 1. The molecule has 11 heteroatoms. The van der Waals surface area contributed by atoms with Crippen molar-refractivity contribution in [2.24, 2.45) is 0 Å². The Morgan fingerprint density at radius 2 is 2.17 bits per heavy atom. The summed E-state index contributed by atoms with van der Waals surface area (Å²) in [5, 5.41) is 12.0. The summed E-state index contributed by atoms with van der Waals surface area (Å²) in [5.74, 6) is -2.69. The minimum Gasteiger partial charge on any atom is -0.476 e. The number of anilines is 1. The average molecular weight is 279 g/mol. The van der Waals surface area contributed by atoms with Crippen LogP contribution in [0.2, 0.25) is 0 Å². The number of alkyl halides is 3. The van der Waals surface area contributed by atoms with Crippen LogP contribution in [-0.2, 0) is 6.18 Å². The second kappa shape index (κ2) is 3.94. The highest BCUT2D eigenvalue weighted by Gasteiger charge is 2.36. The molecule has 0 saturated heterocycles. The molecule has 2 aromatic rings. The molecular formula is C7H4F3N5O2S. The number of nitrogen functional groups attached to an aromatic ring is 1. The fourth-order valence-electron chi connectivity index (χ4n) is 1.08. The normalized spacial score (nSPS) is 11.7. The average Bonchev–Trinajstić information content (AvgIpc) is 2.81. The first-order chi connectivity index (χ1) is 8.29. The van der Waals surface area contributed by atoms with E-state index in [2.05, 4.69) is 14.5 Å². The highest BCUT2D eigenvalue weighted by Crippen LogP contribution is 2.28. The van der Waals surface area contributed by atoms with Gasteiger partial charge >= 0.3 is 12.1 Å². The van der Waals surface area contributed by atoms with Gasteiger partial charge in [0.15, 0.2) is 5.69 Å². The molecule has 0 fully saturated rings. The van der Waals surface area contributed by atoms with Crippen LogP contribution in [0.25, 0.3) is 5.13 Å². The van der Waals surface area contributed by atoms with Gasteiger partial charge in [-0.05, 0) is 0 Å². The lowest BCUT2D eigenvalue weighted by Crippen LogP contribution is -2.08. The topological polar surface area (TPSA) is 107 Å². The third-order valence-electron chi connectivity index (χ3n) is 1.81. The first-order valence-corrected chi connectivity index (χ1v) is 5.06. The molecule has 0 spiro atoms. The second-order valence-corrected chi connectivity index (χ2v) is 3.81. The lowest BCUT2D eigenvalue weighted by Gasteiger charge is -1.97. The number of halogens is 3. The molecule has 0 atom stereocenters. The summed E-state index contributed by atoms with van der Waals surface area (Å²) in [5.41, 5.74) is 4.71. The summed E-state index contributed by atoms with van der Waals surface area (Å²) >= 11 is 0.434. The molecule has 3 N–H and O–H groups in total. The Balaban J connectivity index is 2.41. The van der Waals surface area contributed by atoms with Crippen LogP contribution in [0.1, 0.15) is 16.3 Å². The maximum absolute atomic E-state index is 12.3. The van der Waals surface area contributed by atoms with Gasteiger partial charge in [0.25, 0.3) is 0 Å². The summed E-state index contributed by atoms with van der Waals surface area (Å²) < 4.78 is 40.7. The number of carbonyl (C=O) groups is 1. The van der Waals surface area contributed by atoms with Crippen LogP contribution in [-0.4, -0.2) is 30.2 Å². The molecule has 2 heterocycles. The Morgan fingerprint density at radius 3 is 2.61 bits per heavy atom. The third-order valence-corrected chi connectivity index (χ3v) is 2.52. The maximum Gasteiger partial charge on any atom is 0.452 e. The lowest BCUT2D eigenvalue weighted by atomic mass is 10.4. The number of nitrogens with zero attached hydrogens (tertiary/aromatic N) is 4. The zero-order valence-corrected chi connectivity index (χ0v) is 9.16. The van der Waals surface area contributed by atoms with E-state index in [1.54, 1.807) is 0 Å². The number of carboxylic acid groups (broad SMARTS) is 1. The van der Waals surface area contributed by atoms with Crippen molar-refractivity contribution >= 4 is 23.2 Å². The number of aromatic carboxylic acids is 1. The molecule has 0 amide bonds. The van der Waals surface area contributed by atoms with Crippen LogP contribution >= 0.6 is 11.5 Å². The van der Waals surface area contributed by atoms with E-state index >= 15 is 0 Å². The van der Waals surface area contributed by atoms with E-state index in [-0.39, 0.29) is 10.8 Å². The van der Waals surface area contributed by atoms with Crippen molar-refractivity contribution in [2.75, 3.05) is 5.73 Å². The van der Waals surface area contributed by atoms with Crippen molar-refractivity contribution in [1.29, 1.82) is 0 Å². The summed E-state index contributed by atoms with van der Waals surface area (Å²) in [4.78, 5) is 13.9. The number of rotatable bonds is 2. The molecule has 0 radical (unpaired) electrons. The van der Waals surface area contributed by atoms with Crippen LogP contribution in [0.3, 0.4) is 0 Å². The smallest absolute Gasteiger partial charge is 0.452 e. The van der Waals surface area contributed by atoms with Gasteiger partial charge < -0.3 is 10.8 Å². The van der Waals surface area contributed by atoms with E-state index in [1.165, 1.54) is 0 Å². The molecule has 0 aliphatic rings. The second-order valence-electron chi connectivity index (χ2n) is 3.08. The quantitative estimate of drug-likeness (QED) is 0.850. The Kier molecular flexibility index (Phi) is 2.69. The van der Waals surface area contributed by atoms with E-state index in [0.29, 0.717) is 11.5 Å². The van der Waals surface area contributed by atoms with Gasteiger partial charge in [0.2, 0.25) is 11.0 Å². The third kappa shape index (κ3) is 2.11. The molecule has 0 saturated carbocycles. The van der Waals surface area contributed by atoms with Crippen LogP contribution < -0.4 is 5.73 Å². The van der Waals surface area contributed by atoms with Crippen LogP contribution in [0, 0.1) is 0 Å². The number of hydrogen-bond donors (Lipinski definition) is 2. The van der Waals surface area contributed by atoms with Gasteiger partial charge in [-0.15, -0.1) is 0 Å². The van der Waals surface area contributed by atoms with Crippen molar-refractivity contribution in [3.05, 3.63) is 17.7 Å². The van der Waals surface area contributed by atoms with Gasteiger partial charge in [-0.2, -0.15) is 27.6 Å². The molecule has 0 unspecified atom stereocenters. The van der Waals surface area contributed by atoms with E-state index in [0.717, 1.165) is 10.9 Å². The number of hydrogen-bond acceptors (Lipinski definition) is 6. The summed E-state index contributed by atoms with van der Waals surface area (Å²) in [6, 6.07) is 0. The molecule has 18 heavy (non-hydrogen) atoms. The molecule has 0 bridgehead atoms. The summed E-state index contributed by atoms with van der Waals surface area (Å²) in [7, 11) is 0. The molecule has 96 valence electrons. The minimum absolute atomic E-state index is 0.175. The predicted molar refractivity (Wildman–Crippen MR) is 53.4 cm³/mol. The van der Waals surface area contributed by atoms with E-state index < -0.39 is 23.7 Å². The van der Waals surface area contributed by atoms with Crippen LogP contribution in [0.4, 0.5) is 18.9 Å². The zero-order chi connectivity index (χ0) is 13.5. The monoisotopic (exact) mass is 279 g/mol. The van der Waals surface area contributed by atoms with Gasteiger partial charge in [-0.3, -0.25) is 0 Å². The van der Waals surface area contributed by atoms with Gasteiger partial charge in [0.05, 0.1) is 11.9 Å². The molecule has 0 aliphatic carbocycles. The molecule has 0 aliphatic heterocycles. The SMILES string of the molecule is Nc1cn(-c2nc(C(F)(F)F)ns2)nc1C(=O)O. The molecule has 2 rings (SSSR count). The fraction of sp³-hybridized carbons (Fsp3) is 0.143. The molecule has 2 aromatic heterocycles. The largest absolute Gasteiger partial charge is 0.476 e. The Hall–Kier alpha value is -2.17. The van der Waals surface area contributed by atoms with Crippen LogP contribution in [0.15, 0.2) is 6.20 Å². The fourth-order valence-corrected chi connectivity index (χ4v) is 1.69. The van der Waals surface area contributed by atoms with Crippen molar-refractivity contribution in [3.8, 4) is 5.13 Å². The Labute approximate surface area is 101 Å². The lowest BCUT2D eigenvalue weighted by molar-refractivity contribution is -0.144. The maximum atomic E-state index is 12.3. The van der Waals surface area contributed by atoms with E-state index in [1.807, 2.05) is 0 Å². The highest BCUT2D eigenvalue weighted by molar-refractivity contribution is 7.08. The number of carboxylic acids is 1. The van der Waals surface area contributed by atoms with Crippen molar-refractivity contribution < 1.29 is 23.1 Å². The summed E-state index contributed by atoms with van der Waals surface area (Å²) in [6.07, 6.45) is -3.60. The first-order valence-electron chi connectivity index (χ1n) is 4.28. The standard InChI is InChI=1S/C7H4F3N5O2S/c8-7(9,10)5-12-6(18-14-5)15-1-2(11)3(13-15)4(16)17/h1H,11H2,(H,16,17). The van der Waals surface area contributed by atoms with Crippen LogP contribution in [0.5, 0.6) is 0 Å². The van der Waals surface area contributed by atoms with Gasteiger partial charge in [-0.25, -0.2) is 9.48 Å². The minimum atomic E-state index is -4.66. The van der Waals surface area contributed by atoms with Crippen molar-refractivity contribution in [2.45, 2.75) is 6.18 Å². The molecular weight excluding hydrogens is 275 g/mol. The first kappa shape index (κ1) is 12.3. The Morgan fingerprint density at radius 1 is 1.50 bits per heavy atom.